The fourth-order valence-corrected chi connectivity index (χ4v) is 1.18. The van der Waals surface area contributed by atoms with Gasteiger partial charge in [-0.2, -0.15) is 0 Å². The van der Waals surface area contributed by atoms with E-state index in [1.807, 2.05) is 36.4 Å². The van der Waals surface area contributed by atoms with Gasteiger partial charge in [-0.3, -0.25) is 0 Å². The minimum Gasteiger partial charge on any atom is -0.0883 e. The van der Waals surface area contributed by atoms with Crippen LogP contribution in [-0.4, -0.2) is 5.33 Å². The summed E-state index contributed by atoms with van der Waals surface area (Å²) in [6, 6.07) is 7.76. The lowest BCUT2D eigenvalue weighted by atomic mass is 10.2. The first-order chi connectivity index (χ1) is 5.33. The summed E-state index contributed by atoms with van der Waals surface area (Å²) in [5.41, 5.74) is 1.14. The van der Waals surface area contributed by atoms with Crippen molar-refractivity contribution in [3.05, 3.63) is 40.9 Å². The molecule has 11 heavy (non-hydrogen) atoms. The molecule has 0 amide bonds. The SMILES string of the molecule is Clc1cccc(/C=C\CBr)c1. The maximum atomic E-state index is 5.78. The maximum Gasteiger partial charge on any atom is 0.0411 e. The van der Waals surface area contributed by atoms with E-state index >= 15 is 0 Å². The monoisotopic (exact) mass is 230 g/mol. The number of halogens is 2. The second-order valence-electron chi connectivity index (χ2n) is 2.11. The Morgan fingerprint density at radius 2 is 2.27 bits per heavy atom. The first kappa shape index (κ1) is 8.82. The number of hydrogen-bond donors (Lipinski definition) is 0. The van der Waals surface area contributed by atoms with Crippen molar-refractivity contribution in [1.82, 2.24) is 0 Å². The molecule has 0 bridgehead atoms. The van der Waals surface area contributed by atoms with E-state index in [2.05, 4.69) is 15.9 Å². The molecule has 0 N–H and O–H groups in total. The largest absolute Gasteiger partial charge is 0.0883 e. The van der Waals surface area contributed by atoms with Crippen molar-refractivity contribution in [3.63, 3.8) is 0 Å². The molecule has 0 heterocycles. The Kier molecular flexibility index (Phi) is 3.67. The minimum atomic E-state index is 0.779. The number of alkyl halides is 1. The normalized spacial score (nSPS) is 10.7. The first-order valence-electron chi connectivity index (χ1n) is 3.31. The molecule has 2 heteroatoms. The third-order valence-corrected chi connectivity index (χ3v) is 1.86. The van der Waals surface area contributed by atoms with E-state index in [-0.39, 0.29) is 0 Å². The van der Waals surface area contributed by atoms with Gasteiger partial charge in [-0.15, -0.1) is 0 Å². The van der Waals surface area contributed by atoms with Crippen LogP contribution in [0, 0.1) is 0 Å². The highest BCUT2D eigenvalue weighted by Crippen LogP contribution is 2.11. The van der Waals surface area contributed by atoms with Crippen LogP contribution < -0.4 is 0 Å². The third-order valence-electron chi connectivity index (χ3n) is 1.25. The molecule has 0 aliphatic carbocycles. The van der Waals surface area contributed by atoms with Crippen molar-refractivity contribution in [1.29, 1.82) is 0 Å². The summed E-state index contributed by atoms with van der Waals surface area (Å²) in [7, 11) is 0. The smallest absolute Gasteiger partial charge is 0.0411 e. The number of allylic oxidation sites excluding steroid dienone is 1. The zero-order valence-corrected chi connectivity index (χ0v) is 8.27. The molecule has 1 aromatic carbocycles. The quantitative estimate of drug-likeness (QED) is 0.680. The fraction of sp³-hybridized carbons (Fsp3) is 0.111. The van der Waals surface area contributed by atoms with Gasteiger partial charge in [0.15, 0.2) is 0 Å². The Hall–Kier alpha value is -0.270. The van der Waals surface area contributed by atoms with Gasteiger partial charge in [0, 0.05) is 10.4 Å². The van der Waals surface area contributed by atoms with Gasteiger partial charge >= 0.3 is 0 Å². The molecule has 0 saturated carbocycles. The Bertz CT molecular complexity index is 255. The van der Waals surface area contributed by atoms with Crippen molar-refractivity contribution in [3.8, 4) is 0 Å². The summed E-state index contributed by atoms with van der Waals surface area (Å²) in [5, 5.41) is 1.65. The summed E-state index contributed by atoms with van der Waals surface area (Å²) in [5.74, 6) is 0. The summed E-state index contributed by atoms with van der Waals surface area (Å²) in [4.78, 5) is 0. The summed E-state index contributed by atoms with van der Waals surface area (Å²) >= 11 is 9.08. The molecule has 0 fully saturated rings. The van der Waals surface area contributed by atoms with E-state index in [1.54, 1.807) is 0 Å². The molecule has 0 atom stereocenters. The van der Waals surface area contributed by atoms with Gasteiger partial charge < -0.3 is 0 Å². The lowest BCUT2D eigenvalue weighted by Gasteiger charge is -1.92. The summed E-state index contributed by atoms with van der Waals surface area (Å²) < 4.78 is 0. The number of hydrogen-bond acceptors (Lipinski definition) is 0. The second-order valence-corrected chi connectivity index (χ2v) is 3.20. The van der Waals surface area contributed by atoms with Crippen molar-refractivity contribution >= 4 is 33.6 Å². The third kappa shape index (κ3) is 3.08. The molecule has 58 valence electrons. The van der Waals surface area contributed by atoms with Crippen LogP contribution in [-0.2, 0) is 0 Å². The number of rotatable bonds is 2. The lowest BCUT2D eigenvalue weighted by Crippen LogP contribution is -1.70. The first-order valence-corrected chi connectivity index (χ1v) is 4.81. The van der Waals surface area contributed by atoms with Crippen LogP contribution in [0.1, 0.15) is 5.56 Å². The molecular weight excluding hydrogens is 223 g/mol. The van der Waals surface area contributed by atoms with Crippen LogP contribution in [0.15, 0.2) is 30.3 Å². The van der Waals surface area contributed by atoms with E-state index in [4.69, 9.17) is 11.6 Å². The maximum absolute atomic E-state index is 5.78. The number of benzene rings is 1. The van der Waals surface area contributed by atoms with Gasteiger partial charge in [-0.05, 0) is 17.7 Å². The van der Waals surface area contributed by atoms with E-state index in [0.717, 1.165) is 15.9 Å². The van der Waals surface area contributed by atoms with Crippen LogP contribution in [0.3, 0.4) is 0 Å². The standard InChI is InChI=1S/C9H8BrCl/c10-6-2-4-8-3-1-5-9(11)7-8/h1-5,7H,6H2/b4-2-. The molecule has 0 spiro atoms. The molecule has 0 unspecified atom stereocenters. The van der Waals surface area contributed by atoms with Crippen molar-refractivity contribution in [2.75, 3.05) is 5.33 Å². The Morgan fingerprint density at radius 3 is 2.91 bits per heavy atom. The zero-order valence-electron chi connectivity index (χ0n) is 5.93. The molecule has 1 rings (SSSR count). The lowest BCUT2D eigenvalue weighted by molar-refractivity contribution is 1.65. The van der Waals surface area contributed by atoms with E-state index in [1.165, 1.54) is 0 Å². The summed E-state index contributed by atoms with van der Waals surface area (Å²) in [6.45, 7) is 0. The zero-order chi connectivity index (χ0) is 8.10. The molecular formula is C9H8BrCl. The van der Waals surface area contributed by atoms with Crippen LogP contribution in [0.2, 0.25) is 5.02 Å². The van der Waals surface area contributed by atoms with Crippen molar-refractivity contribution in [2.45, 2.75) is 0 Å². The average molecular weight is 232 g/mol. The van der Waals surface area contributed by atoms with E-state index < -0.39 is 0 Å². The average Bonchev–Trinajstić information content (AvgIpc) is 2.01. The Morgan fingerprint density at radius 1 is 1.45 bits per heavy atom. The highest BCUT2D eigenvalue weighted by Gasteiger charge is 1.86. The van der Waals surface area contributed by atoms with Crippen LogP contribution in [0.4, 0.5) is 0 Å². The minimum absolute atomic E-state index is 0.779. The fourth-order valence-electron chi connectivity index (χ4n) is 0.791. The van der Waals surface area contributed by atoms with Crippen LogP contribution in [0.25, 0.3) is 6.08 Å². The second kappa shape index (κ2) is 4.58. The Labute approximate surface area is 80.0 Å². The predicted molar refractivity (Wildman–Crippen MR) is 54.3 cm³/mol. The van der Waals surface area contributed by atoms with Gasteiger partial charge in [-0.1, -0.05) is 51.8 Å². The van der Waals surface area contributed by atoms with Crippen molar-refractivity contribution < 1.29 is 0 Å². The van der Waals surface area contributed by atoms with Crippen LogP contribution >= 0.6 is 27.5 Å². The van der Waals surface area contributed by atoms with Gasteiger partial charge in [0.05, 0.1) is 0 Å². The molecule has 0 nitrogen and oxygen atoms in total. The van der Waals surface area contributed by atoms with Gasteiger partial charge in [0.25, 0.3) is 0 Å². The van der Waals surface area contributed by atoms with E-state index in [0.29, 0.717) is 0 Å². The predicted octanol–water partition coefficient (Wildman–Crippen LogP) is 3.75. The molecule has 0 radical (unpaired) electrons. The van der Waals surface area contributed by atoms with Gasteiger partial charge in [0.2, 0.25) is 0 Å². The van der Waals surface area contributed by atoms with Crippen molar-refractivity contribution in [2.24, 2.45) is 0 Å². The van der Waals surface area contributed by atoms with Gasteiger partial charge in [0.1, 0.15) is 0 Å². The highest BCUT2D eigenvalue weighted by atomic mass is 79.9. The summed E-state index contributed by atoms with van der Waals surface area (Å²) in [6.07, 6.45) is 4.06. The molecule has 0 aliphatic heterocycles. The Balaban J connectivity index is 2.79. The van der Waals surface area contributed by atoms with Gasteiger partial charge in [-0.25, -0.2) is 0 Å². The van der Waals surface area contributed by atoms with E-state index in [9.17, 15) is 0 Å². The topological polar surface area (TPSA) is 0 Å². The van der Waals surface area contributed by atoms with Crippen LogP contribution in [0.5, 0.6) is 0 Å². The molecule has 0 aliphatic rings. The molecule has 0 aromatic heterocycles. The molecule has 0 saturated heterocycles. The molecule has 1 aromatic rings. The highest BCUT2D eigenvalue weighted by molar-refractivity contribution is 9.09.